The Morgan fingerprint density at radius 3 is 2.72 bits per heavy atom. The first kappa shape index (κ1) is 18.5. The third-order valence-electron chi connectivity index (χ3n) is 4.34. The van der Waals surface area contributed by atoms with Gasteiger partial charge in [-0.1, -0.05) is 20.8 Å². The standard InChI is InChI=1S/C19H22N2O4/c1-5-13-8-18(23)25-16-9-14(6-7-15(13)16)24-10-17(22)21-19(4,11-20)12(2)3/h6-9,12H,5,10H2,1-4H3,(H,21,22). The first-order valence-electron chi connectivity index (χ1n) is 8.21. The molecule has 1 amide bonds. The van der Waals surface area contributed by atoms with Crippen molar-refractivity contribution in [3.05, 3.63) is 40.2 Å². The number of fused-ring (bicyclic) bond motifs is 1. The lowest BCUT2D eigenvalue weighted by molar-refractivity contribution is -0.124. The van der Waals surface area contributed by atoms with Crippen LogP contribution in [0.5, 0.6) is 5.75 Å². The molecule has 132 valence electrons. The molecule has 0 aliphatic heterocycles. The highest BCUT2D eigenvalue weighted by molar-refractivity contribution is 5.82. The van der Waals surface area contributed by atoms with Gasteiger partial charge < -0.3 is 14.5 Å². The number of amides is 1. The molecule has 6 nitrogen and oxygen atoms in total. The molecule has 1 N–H and O–H groups in total. The summed E-state index contributed by atoms with van der Waals surface area (Å²) in [5.74, 6) is -0.00673. The highest BCUT2D eigenvalue weighted by atomic mass is 16.5. The number of carbonyl (C=O) groups is 1. The molecule has 0 saturated carbocycles. The number of hydrogen-bond acceptors (Lipinski definition) is 5. The summed E-state index contributed by atoms with van der Waals surface area (Å²) in [4.78, 5) is 23.6. The van der Waals surface area contributed by atoms with Gasteiger partial charge in [-0.05, 0) is 37.0 Å². The number of ether oxygens (including phenoxy) is 1. The predicted molar refractivity (Wildman–Crippen MR) is 94.4 cm³/mol. The molecular weight excluding hydrogens is 320 g/mol. The van der Waals surface area contributed by atoms with Crippen LogP contribution >= 0.6 is 0 Å². The molecule has 1 unspecified atom stereocenters. The van der Waals surface area contributed by atoms with Crippen molar-refractivity contribution in [2.75, 3.05) is 6.61 Å². The fourth-order valence-corrected chi connectivity index (χ4v) is 2.37. The lowest BCUT2D eigenvalue weighted by atomic mass is 9.90. The van der Waals surface area contributed by atoms with Crippen LogP contribution in [0.1, 0.15) is 33.3 Å². The second kappa shape index (κ2) is 7.39. The average molecular weight is 342 g/mol. The highest BCUT2D eigenvalue weighted by Crippen LogP contribution is 2.23. The zero-order valence-corrected chi connectivity index (χ0v) is 14.9. The van der Waals surface area contributed by atoms with Crippen molar-refractivity contribution < 1.29 is 13.9 Å². The number of benzene rings is 1. The maximum absolute atomic E-state index is 12.1. The quantitative estimate of drug-likeness (QED) is 0.815. The van der Waals surface area contributed by atoms with Crippen LogP contribution in [0, 0.1) is 17.2 Å². The van der Waals surface area contributed by atoms with Gasteiger partial charge >= 0.3 is 5.63 Å². The maximum Gasteiger partial charge on any atom is 0.336 e. The van der Waals surface area contributed by atoms with E-state index in [0.29, 0.717) is 17.8 Å². The van der Waals surface area contributed by atoms with E-state index in [1.54, 1.807) is 25.1 Å². The number of nitriles is 1. The van der Waals surface area contributed by atoms with Crippen LogP contribution in [0.15, 0.2) is 33.5 Å². The van der Waals surface area contributed by atoms with Crippen molar-refractivity contribution in [2.24, 2.45) is 5.92 Å². The van der Waals surface area contributed by atoms with E-state index in [2.05, 4.69) is 11.4 Å². The van der Waals surface area contributed by atoms with Crippen molar-refractivity contribution in [2.45, 2.75) is 39.7 Å². The molecule has 0 aliphatic rings. The molecule has 0 aliphatic carbocycles. The molecule has 0 spiro atoms. The number of carbonyl (C=O) groups excluding carboxylic acids is 1. The van der Waals surface area contributed by atoms with Crippen LogP contribution in [0.2, 0.25) is 0 Å². The first-order chi connectivity index (χ1) is 11.8. The van der Waals surface area contributed by atoms with Crippen LogP contribution in [-0.2, 0) is 11.2 Å². The molecule has 1 aromatic heterocycles. The van der Waals surface area contributed by atoms with Gasteiger partial charge in [0.25, 0.3) is 5.91 Å². The maximum atomic E-state index is 12.1. The minimum atomic E-state index is -0.952. The Balaban J connectivity index is 2.12. The zero-order chi connectivity index (χ0) is 18.6. The van der Waals surface area contributed by atoms with Crippen LogP contribution in [0.3, 0.4) is 0 Å². The van der Waals surface area contributed by atoms with Gasteiger partial charge in [0.15, 0.2) is 6.61 Å². The van der Waals surface area contributed by atoms with Crippen molar-refractivity contribution in [3.63, 3.8) is 0 Å². The lowest BCUT2D eigenvalue weighted by Crippen LogP contribution is -2.50. The number of hydrogen-bond donors (Lipinski definition) is 1. The summed E-state index contributed by atoms with van der Waals surface area (Å²) >= 11 is 0. The zero-order valence-electron chi connectivity index (χ0n) is 14.9. The smallest absolute Gasteiger partial charge is 0.336 e. The normalized spacial score (nSPS) is 13.3. The van der Waals surface area contributed by atoms with E-state index in [0.717, 1.165) is 10.9 Å². The number of aryl methyl sites for hydroxylation is 1. The van der Waals surface area contributed by atoms with Crippen molar-refractivity contribution in [1.29, 1.82) is 5.26 Å². The molecule has 1 atom stereocenters. The largest absolute Gasteiger partial charge is 0.484 e. The van der Waals surface area contributed by atoms with E-state index in [9.17, 15) is 14.9 Å². The van der Waals surface area contributed by atoms with Gasteiger partial charge in [-0.3, -0.25) is 4.79 Å². The van der Waals surface area contributed by atoms with Gasteiger partial charge in [0, 0.05) is 17.5 Å². The Kier molecular flexibility index (Phi) is 5.48. The highest BCUT2D eigenvalue weighted by Gasteiger charge is 2.30. The Hall–Kier alpha value is -2.81. The Morgan fingerprint density at radius 2 is 2.12 bits per heavy atom. The molecular formula is C19H22N2O4. The Labute approximate surface area is 146 Å². The summed E-state index contributed by atoms with van der Waals surface area (Å²) in [6, 6.07) is 8.71. The van der Waals surface area contributed by atoms with E-state index < -0.39 is 11.2 Å². The monoisotopic (exact) mass is 342 g/mol. The van der Waals surface area contributed by atoms with Crippen LogP contribution < -0.4 is 15.7 Å². The minimum Gasteiger partial charge on any atom is -0.484 e. The van der Waals surface area contributed by atoms with E-state index in [-0.39, 0.29) is 18.4 Å². The van der Waals surface area contributed by atoms with Crippen LogP contribution in [0.25, 0.3) is 11.0 Å². The Morgan fingerprint density at radius 1 is 1.40 bits per heavy atom. The second-order valence-corrected chi connectivity index (χ2v) is 6.41. The van der Waals surface area contributed by atoms with Crippen LogP contribution in [0.4, 0.5) is 0 Å². The van der Waals surface area contributed by atoms with Gasteiger partial charge in [-0.25, -0.2) is 4.79 Å². The first-order valence-corrected chi connectivity index (χ1v) is 8.21. The molecule has 0 radical (unpaired) electrons. The SMILES string of the molecule is CCc1cc(=O)oc2cc(OCC(=O)NC(C)(C#N)C(C)C)ccc12. The van der Waals surface area contributed by atoms with Gasteiger partial charge in [0.05, 0.1) is 6.07 Å². The summed E-state index contributed by atoms with van der Waals surface area (Å²) < 4.78 is 10.7. The predicted octanol–water partition coefficient (Wildman–Crippen LogP) is 2.79. The van der Waals surface area contributed by atoms with E-state index in [1.807, 2.05) is 20.8 Å². The number of nitrogens with one attached hydrogen (secondary N) is 1. The minimum absolute atomic E-state index is 0.0381. The molecule has 1 heterocycles. The number of rotatable bonds is 6. The summed E-state index contributed by atoms with van der Waals surface area (Å²) in [6.45, 7) is 7.13. The molecule has 25 heavy (non-hydrogen) atoms. The third-order valence-corrected chi connectivity index (χ3v) is 4.34. The molecule has 6 heteroatoms. The molecule has 2 aromatic rings. The van der Waals surface area contributed by atoms with E-state index >= 15 is 0 Å². The molecule has 1 aromatic carbocycles. The third kappa shape index (κ3) is 4.18. The number of nitrogens with zero attached hydrogens (tertiary/aromatic N) is 1. The molecule has 2 rings (SSSR count). The van der Waals surface area contributed by atoms with E-state index in [1.165, 1.54) is 6.07 Å². The molecule has 0 fully saturated rings. The van der Waals surface area contributed by atoms with Crippen molar-refractivity contribution in [3.8, 4) is 11.8 Å². The summed E-state index contributed by atoms with van der Waals surface area (Å²) in [5.41, 5.74) is -0.0448. The summed E-state index contributed by atoms with van der Waals surface area (Å²) in [5, 5.41) is 12.8. The van der Waals surface area contributed by atoms with Gasteiger partial charge in [0.1, 0.15) is 16.9 Å². The topological polar surface area (TPSA) is 92.3 Å². The lowest BCUT2D eigenvalue weighted by Gasteiger charge is -2.27. The Bertz CT molecular complexity index is 879. The van der Waals surface area contributed by atoms with Crippen molar-refractivity contribution in [1.82, 2.24) is 5.32 Å². The summed E-state index contributed by atoms with van der Waals surface area (Å²) in [6.07, 6.45) is 0.715. The van der Waals surface area contributed by atoms with Crippen LogP contribution in [-0.4, -0.2) is 18.1 Å². The molecule has 0 bridgehead atoms. The van der Waals surface area contributed by atoms with Gasteiger partial charge in [-0.2, -0.15) is 5.26 Å². The fraction of sp³-hybridized carbons (Fsp3) is 0.421. The fourth-order valence-electron chi connectivity index (χ4n) is 2.37. The van der Waals surface area contributed by atoms with Gasteiger partial charge in [-0.15, -0.1) is 0 Å². The second-order valence-electron chi connectivity index (χ2n) is 6.41. The van der Waals surface area contributed by atoms with Crippen molar-refractivity contribution >= 4 is 16.9 Å². The van der Waals surface area contributed by atoms with Gasteiger partial charge in [0.2, 0.25) is 0 Å². The van der Waals surface area contributed by atoms with E-state index in [4.69, 9.17) is 9.15 Å². The summed E-state index contributed by atoms with van der Waals surface area (Å²) in [7, 11) is 0. The average Bonchev–Trinajstić information content (AvgIpc) is 2.58. The molecule has 0 saturated heterocycles.